The highest BCUT2D eigenvalue weighted by Gasteiger charge is 2.33. The maximum atomic E-state index is 12.5. The van der Waals surface area contributed by atoms with E-state index in [1.54, 1.807) is 11.8 Å². The molecule has 0 radical (unpaired) electrons. The van der Waals surface area contributed by atoms with E-state index < -0.39 is 6.04 Å². The van der Waals surface area contributed by atoms with Crippen LogP contribution < -0.4 is 5.32 Å². The zero-order chi connectivity index (χ0) is 18.1. The van der Waals surface area contributed by atoms with E-state index in [0.717, 1.165) is 22.4 Å². The van der Waals surface area contributed by atoms with Crippen LogP contribution in [0.5, 0.6) is 0 Å². The van der Waals surface area contributed by atoms with Gasteiger partial charge in [-0.05, 0) is 30.7 Å². The number of nitrogens with one attached hydrogen (secondary N) is 2. The Hall–Kier alpha value is -3.15. The summed E-state index contributed by atoms with van der Waals surface area (Å²) >= 11 is 0. The number of benzene rings is 2. The molecule has 0 fully saturated rings. The summed E-state index contributed by atoms with van der Waals surface area (Å²) in [5.41, 5.74) is 3.57. The lowest BCUT2D eigenvalue weighted by atomic mass is 10.1. The number of para-hydroxylation sites is 2. The number of hydrogen-bond acceptors (Lipinski definition) is 3. The van der Waals surface area contributed by atoms with E-state index in [1.165, 1.54) is 0 Å². The lowest BCUT2D eigenvalue weighted by molar-refractivity contribution is -0.125. The summed E-state index contributed by atoms with van der Waals surface area (Å²) in [6, 6.07) is 14.8. The van der Waals surface area contributed by atoms with Gasteiger partial charge in [-0.1, -0.05) is 30.3 Å². The van der Waals surface area contributed by atoms with E-state index >= 15 is 0 Å². The fourth-order valence-electron chi connectivity index (χ4n) is 3.31. The van der Waals surface area contributed by atoms with Crippen molar-refractivity contribution in [3.8, 4) is 0 Å². The molecule has 6 heteroatoms. The standard InChI is InChI=1S/C20H20N4O2/c1-13(24-12-14-6-2-3-7-15(14)20(24)26)19(25)21-11-10-18-22-16-8-4-5-9-17(16)23-18/h2-9,13H,10-12H2,1H3,(H,21,25)(H,22,23)/t13-/m0/s1. The van der Waals surface area contributed by atoms with E-state index in [-0.39, 0.29) is 11.8 Å². The zero-order valence-corrected chi connectivity index (χ0v) is 14.5. The molecule has 0 bridgehead atoms. The minimum atomic E-state index is -0.509. The van der Waals surface area contributed by atoms with E-state index in [2.05, 4.69) is 15.3 Å². The third-order valence-electron chi connectivity index (χ3n) is 4.80. The molecule has 0 spiro atoms. The predicted octanol–water partition coefficient (Wildman–Crippen LogP) is 2.27. The second kappa shape index (κ2) is 6.63. The van der Waals surface area contributed by atoms with E-state index in [1.807, 2.05) is 48.5 Å². The SMILES string of the molecule is C[C@@H](C(=O)NCCc1nc2ccccc2[nH]1)N1Cc2ccccc2C1=O. The van der Waals surface area contributed by atoms with Gasteiger partial charge in [0.2, 0.25) is 5.91 Å². The smallest absolute Gasteiger partial charge is 0.255 e. The Kier molecular flexibility index (Phi) is 4.16. The average Bonchev–Trinajstić information content (AvgIpc) is 3.22. The van der Waals surface area contributed by atoms with Crippen LogP contribution in [0, 0.1) is 0 Å². The molecule has 1 aliphatic heterocycles. The molecule has 0 saturated heterocycles. The summed E-state index contributed by atoms with van der Waals surface area (Å²) in [5, 5.41) is 2.91. The van der Waals surface area contributed by atoms with Crippen molar-refractivity contribution in [3.05, 3.63) is 65.5 Å². The first-order valence-electron chi connectivity index (χ1n) is 8.73. The summed E-state index contributed by atoms with van der Waals surface area (Å²) in [4.78, 5) is 34.3. The van der Waals surface area contributed by atoms with Gasteiger partial charge in [-0.15, -0.1) is 0 Å². The second-order valence-electron chi connectivity index (χ2n) is 6.51. The topological polar surface area (TPSA) is 78.1 Å². The second-order valence-corrected chi connectivity index (χ2v) is 6.51. The minimum Gasteiger partial charge on any atom is -0.354 e. The van der Waals surface area contributed by atoms with Crippen LogP contribution in [-0.2, 0) is 17.8 Å². The van der Waals surface area contributed by atoms with Crippen molar-refractivity contribution in [1.82, 2.24) is 20.2 Å². The molecular weight excluding hydrogens is 328 g/mol. The molecule has 1 aliphatic rings. The molecule has 132 valence electrons. The maximum absolute atomic E-state index is 12.5. The van der Waals surface area contributed by atoms with Gasteiger partial charge in [-0.25, -0.2) is 4.98 Å². The van der Waals surface area contributed by atoms with E-state index in [0.29, 0.717) is 25.1 Å². The van der Waals surface area contributed by atoms with Gasteiger partial charge in [0.1, 0.15) is 11.9 Å². The molecule has 4 rings (SSSR count). The Morgan fingerprint density at radius 3 is 2.81 bits per heavy atom. The molecule has 1 atom stereocenters. The van der Waals surface area contributed by atoms with Crippen LogP contribution >= 0.6 is 0 Å². The van der Waals surface area contributed by atoms with Crippen molar-refractivity contribution in [1.29, 1.82) is 0 Å². The first-order valence-corrected chi connectivity index (χ1v) is 8.73. The fourth-order valence-corrected chi connectivity index (χ4v) is 3.31. The lowest BCUT2D eigenvalue weighted by Crippen LogP contribution is -2.45. The lowest BCUT2D eigenvalue weighted by Gasteiger charge is -2.23. The first kappa shape index (κ1) is 16.3. The fraction of sp³-hybridized carbons (Fsp3) is 0.250. The Morgan fingerprint density at radius 1 is 1.23 bits per heavy atom. The van der Waals surface area contributed by atoms with Crippen molar-refractivity contribution in [3.63, 3.8) is 0 Å². The quantitative estimate of drug-likeness (QED) is 0.742. The highest BCUT2D eigenvalue weighted by Crippen LogP contribution is 2.24. The summed E-state index contributed by atoms with van der Waals surface area (Å²) in [7, 11) is 0. The number of amides is 2. The highest BCUT2D eigenvalue weighted by atomic mass is 16.2. The van der Waals surface area contributed by atoms with Crippen LogP contribution in [-0.4, -0.2) is 39.3 Å². The minimum absolute atomic E-state index is 0.0828. The molecule has 2 amide bonds. The van der Waals surface area contributed by atoms with Crippen LogP contribution in [0.25, 0.3) is 11.0 Å². The largest absolute Gasteiger partial charge is 0.354 e. The Morgan fingerprint density at radius 2 is 2.00 bits per heavy atom. The number of fused-ring (bicyclic) bond motifs is 2. The Labute approximate surface area is 151 Å². The summed E-state index contributed by atoms with van der Waals surface area (Å²) in [5.74, 6) is 0.603. The van der Waals surface area contributed by atoms with Gasteiger partial charge in [-0.2, -0.15) is 0 Å². The van der Waals surface area contributed by atoms with Gasteiger partial charge in [-0.3, -0.25) is 9.59 Å². The molecule has 2 N–H and O–H groups in total. The number of hydrogen-bond donors (Lipinski definition) is 2. The van der Waals surface area contributed by atoms with Gasteiger partial charge >= 0.3 is 0 Å². The van der Waals surface area contributed by atoms with Crippen LogP contribution in [0.4, 0.5) is 0 Å². The Balaban J connectivity index is 1.34. The molecule has 26 heavy (non-hydrogen) atoms. The van der Waals surface area contributed by atoms with Crippen LogP contribution in [0.1, 0.15) is 28.7 Å². The van der Waals surface area contributed by atoms with Crippen LogP contribution in [0.3, 0.4) is 0 Å². The molecule has 0 aliphatic carbocycles. The third kappa shape index (κ3) is 2.94. The summed E-state index contributed by atoms with van der Waals surface area (Å²) in [6.07, 6.45) is 0.612. The van der Waals surface area contributed by atoms with Crippen molar-refractivity contribution < 1.29 is 9.59 Å². The summed E-state index contributed by atoms with van der Waals surface area (Å²) in [6.45, 7) is 2.71. The number of carbonyl (C=O) groups excluding carboxylic acids is 2. The van der Waals surface area contributed by atoms with Crippen molar-refractivity contribution in [2.45, 2.75) is 25.9 Å². The summed E-state index contributed by atoms with van der Waals surface area (Å²) < 4.78 is 0. The van der Waals surface area contributed by atoms with E-state index in [4.69, 9.17) is 0 Å². The molecule has 0 unspecified atom stereocenters. The zero-order valence-electron chi connectivity index (χ0n) is 14.5. The number of carbonyl (C=O) groups is 2. The molecule has 6 nitrogen and oxygen atoms in total. The number of H-pyrrole nitrogens is 1. The van der Waals surface area contributed by atoms with Gasteiger partial charge in [0.05, 0.1) is 11.0 Å². The number of rotatable bonds is 5. The normalized spacial score (nSPS) is 14.5. The van der Waals surface area contributed by atoms with Crippen LogP contribution in [0.15, 0.2) is 48.5 Å². The van der Waals surface area contributed by atoms with E-state index in [9.17, 15) is 9.59 Å². The molecule has 1 aromatic heterocycles. The van der Waals surface area contributed by atoms with Gasteiger partial charge < -0.3 is 15.2 Å². The van der Waals surface area contributed by atoms with Gasteiger partial charge in [0.25, 0.3) is 5.91 Å². The Bertz CT molecular complexity index is 946. The predicted molar refractivity (Wildman–Crippen MR) is 98.6 cm³/mol. The third-order valence-corrected chi connectivity index (χ3v) is 4.80. The van der Waals surface area contributed by atoms with Crippen molar-refractivity contribution >= 4 is 22.8 Å². The molecule has 0 saturated carbocycles. The first-order chi connectivity index (χ1) is 12.6. The average molecular weight is 348 g/mol. The van der Waals surface area contributed by atoms with Gasteiger partial charge in [0.15, 0.2) is 0 Å². The number of nitrogens with zero attached hydrogens (tertiary/aromatic N) is 2. The number of aromatic amines is 1. The molecular formula is C20H20N4O2. The van der Waals surface area contributed by atoms with Crippen molar-refractivity contribution in [2.24, 2.45) is 0 Å². The molecule has 3 aromatic rings. The monoisotopic (exact) mass is 348 g/mol. The number of imidazole rings is 1. The van der Waals surface area contributed by atoms with Crippen molar-refractivity contribution in [2.75, 3.05) is 6.54 Å². The van der Waals surface area contributed by atoms with Gasteiger partial charge in [0, 0.05) is 25.1 Å². The molecule has 2 aromatic carbocycles. The maximum Gasteiger partial charge on any atom is 0.255 e. The van der Waals surface area contributed by atoms with Crippen LogP contribution in [0.2, 0.25) is 0 Å². The number of aromatic nitrogens is 2. The molecule has 2 heterocycles. The highest BCUT2D eigenvalue weighted by molar-refractivity contribution is 6.01.